The van der Waals surface area contributed by atoms with Crippen LogP contribution in [0.3, 0.4) is 0 Å². The van der Waals surface area contributed by atoms with E-state index in [1.54, 1.807) is 11.8 Å². The summed E-state index contributed by atoms with van der Waals surface area (Å²) in [5.41, 5.74) is 4.35. The van der Waals surface area contributed by atoms with E-state index in [1.165, 1.54) is 0 Å². The average Bonchev–Trinajstić information content (AvgIpc) is 3.56. The van der Waals surface area contributed by atoms with Crippen LogP contribution in [0, 0.1) is 6.92 Å². The Morgan fingerprint density at radius 2 is 2.17 bits per heavy atom. The van der Waals surface area contributed by atoms with Gasteiger partial charge >= 0.3 is 0 Å². The molecule has 2 amide bonds. The molecule has 0 spiro atoms. The summed E-state index contributed by atoms with van der Waals surface area (Å²) in [6.45, 7) is 3.75. The van der Waals surface area contributed by atoms with Gasteiger partial charge in [-0.25, -0.2) is 0 Å². The number of fused-ring (bicyclic) bond motifs is 1. The molecule has 35 heavy (non-hydrogen) atoms. The molecule has 1 fully saturated rings. The van der Waals surface area contributed by atoms with Gasteiger partial charge in [0.25, 0.3) is 5.89 Å². The van der Waals surface area contributed by atoms with Gasteiger partial charge in [-0.3, -0.25) is 14.5 Å². The zero-order valence-electron chi connectivity index (χ0n) is 19.9. The van der Waals surface area contributed by atoms with Gasteiger partial charge in [-0.05, 0) is 48.2 Å². The predicted molar refractivity (Wildman–Crippen MR) is 130 cm³/mol. The first kappa shape index (κ1) is 23.2. The van der Waals surface area contributed by atoms with Crippen molar-refractivity contribution in [2.24, 2.45) is 0 Å². The van der Waals surface area contributed by atoms with E-state index in [9.17, 15) is 14.7 Å². The number of nitrogens with zero attached hydrogens (tertiary/aromatic N) is 4. The van der Waals surface area contributed by atoms with Gasteiger partial charge in [0, 0.05) is 37.9 Å². The highest BCUT2D eigenvalue weighted by atomic mass is 16.5. The highest BCUT2D eigenvalue weighted by molar-refractivity contribution is 5.99. The van der Waals surface area contributed by atoms with Crippen molar-refractivity contribution in [1.29, 1.82) is 0 Å². The molecular weight excluding hydrogens is 446 g/mol. The van der Waals surface area contributed by atoms with Crippen LogP contribution in [-0.2, 0) is 22.4 Å². The maximum Gasteiger partial charge on any atom is 0.257 e. The van der Waals surface area contributed by atoms with E-state index >= 15 is 0 Å². The van der Waals surface area contributed by atoms with Crippen molar-refractivity contribution in [2.45, 2.75) is 38.3 Å². The maximum absolute atomic E-state index is 13.4. The number of benzene rings is 2. The molecule has 5 rings (SSSR count). The van der Waals surface area contributed by atoms with E-state index in [0.717, 1.165) is 40.9 Å². The van der Waals surface area contributed by atoms with Crippen molar-refractivity contribution < 1.29 is 19.2 Å². The van der Waals surface area contributed by atoms with Gasteiger partial charge in [-0.15, -0.1) is 0 Å². The van der Waals surface area contributed by atoms with E-state index in [2.05, 4.69) is 20.4 Å². The van der Waals surface area contributed by atoms with E-state index in [0.29, 0.717) is 31.2 Å². The van der Waals surface area contributed by atoms with Gasteiger partial charge < -0.3 is 19.8 Å². The second kappa shape index (κ2) is 9.59. The molecule has 0 saturated carbocycles. The number of amides is 2. The van der Waals surface area contributed by atoms with E-state index < -0.39 is 0 Å². The lowest BCUT2D eigenvalue weighted by Gasteiger charge is -2.32. The molecule has 9 nitrogen and oxygen atoms in total. The topological polar surface area (TPSA) is 112 Å². The van der Waals surface area contributed by atoms with Crippen LogP contribution in [0.25, 0.3) is 11.5 Å². The van der Waals surface area contributed by atoms with E-state index in [4.69, 9.17) is 4.52 Å². The van der Waals surface area contributed by atoms with Crippen LogP contribution in [0.5, 0.6) is 0 Å². The number of carbonyl (C=O) groups excluding carboxylic acids is 2. The molecule has 1 unspecified atom stereocenters. The summed E-state index contributed by atoms with van der Waals surface area (Å²) >= 11 is 0. The number of aliphatic hydroxyl groups excluding tert-OH is 1. The minimum Gasteiger partial charge on any atom is -0.392 e. The summed E-state index contributed by atoms with van der Waals surface area (Å²) in [5.74, 6) is 0.947. The van der Waals surface area contributed by atoms with Crippen LogP contribution >= 0.6 is 0 Å². The lowest BCUT2D eigenvalue weighted by Crippen LogP contribution is -2.39. The third kappa shape index (κ3) is 5.11. The lowest BCUT2D eigenvalue weighted by atomic mass is 10.0. The van der Waals surface area contributed by atoms with E-state index in [-0.39, 0.29) is 30.4 Å². The zero-order chi connectivity index (χ0) is 24.5. The smallest absolute Gasteiger partial charge is 0.257 e. The molecule has 3 aromatic rings. The fourth-order valence-electron chi connectivity index (χ4n) is 4.81. The zero-order valence-corrected chi connectivity index (χ0v) is 19.9. The predicted octanol–water partition coefficient (Wildman–Crippen LogP) is 2.35. The average molecular weight is 476 g/mol. The third-order valence-electron chi connectivity index (χ3n) is 6.74. The SMILES string of the molecule is Cc1noc(-c2cccc(C(CN3CC[C@H](O)C3)N(C)C(=O)Cc3ccc4c(c3)NC(=O)C4)c2)n1. The molecule has 2 aromatic carbocycles. The van der Waals surface area contributed by atoms with Gasteiger partial charge in [0.1, 0.15) is 0 Å². The summed E-state index contributed by atoms with van der Waals surface area (Å²) in [7, 11) is 1.82. The first-order valence-electron chi connectivity index (χ1n) is 11.8. The number of aromatic nitrogens is 2. The number of rotatable bonds is 7. The lowest BCUT2D eigenvalue weighted by molar-refractivity contribution is -0.131. The van der Waals surface area contributed by atoms with Gasteiger partial charge in [-0.2, -0.15) is 4.98 Å². The summed E-state index contributed by atoms with van der Waals surface area (Å²) in [6, 6.07) is 13.3. The van der Waals surface area contributed by atoms with Gasteiger partial charge in [0.2, 0.25) is 11.8 Å². The number of hydrogen-bond donors (Lipinski definition) is 2. The van der Waals surface area contributed by atoms with Crippen LogP contribution < -0.4 is 5.32 Å². The number of aryl methyl sites for hydroxylation is 1. The number of nitrogens with one attached hydrogen (secondary N) is 1. The molecule has 3 heterocycles. The maximum atomic E-state index is 13.4. The summed E-state index contributed by atoms with van der Waals surface area (Å²) < 4.78 is 5.35. The molecule has 9 heteroatoms. The largest absolute Gasteiger partial charge is 0.392 e. The molecule has 1 aromatic heterocycles. The Kier molecular flexibility index (Phi) is 6.36. The van der Waals surface area contributed by atoms with Gasteiger partial charge in [0.05, 0.1) is 25.0 Å². The van der Waals surface area contributed by atoms with E-state index in [1.807, 2.05) is 49.5 Å². The Bertz CT molecular complexity index is 1260. The van der Waals surface area contributed by atoms with Crippen LogP contribution in [0.2, 0.25) is 0 Å². The quantitative estimate of drug-likeness (QED) is 0.539. The Morgan fingerprint density at radius 3 is 2.91 bits per heavy atom. The van der Waals surface area contributed by atoms with Crippen LogP contribution in [-0.4, -0.2) is 69.6 Å². The first-order chi connectivity index (χ1) is 16.9. The van der Waals surface area contributed by atoms with Crippen molar-refractivity contribution in [2.75, 3.05) is 32.0 Å². The molecule has 2 aliphatic rings. The third-order valence-corrected chi connectivity index (χ3v) is 6.74. The Labute approximate surface area is 203 Å². The van der Waals surface area contributed by atoms with Crippen LogP contribution in [0.15, 0.2) is 47.0 Å². The van der Waals surface area contributed by atoms with Gasteiger partial charge in [0.15, 0.2) is 5.82 Å². The molecule has 0 bridgehead atoms. The monoisotopic (exact) mass is 475 g/mol. The number of aliphatic hydroxyl groups is 1. The Hall–Kier alpha value is -3.56. The summed E-state index contributed by atoms with van der Waals surface area (Å²) in [5, 5.41) is 16.8. The van der Waals surface area contributed by atoms with Crippen LogP contribution in [0.1, 0.15) is 35.0 Å². The van der Waals surface area contributed by atoms with Crippen molar-refractivity contribution in [3.63, 3.8) is 0 Å². The first-order valence-corrected chi connectivity index (χ1v) is 11.8. The normalized spacial score (nSPS) is 18.4. The fourth-order valence-corrected chi connectivity index (χ4v) is 4.81. The summed E-state index contributed by atoms with van der Waals surface area (Å²) in [6.07, 6.45) is 0.989. The minimum atomic E-state index is -0.342. The second-order valence-electron chi connectivity index (χ2n) is 9.39. The second-order valence-corrected chi connectivity index (χ2v) is 9.39. The van der Waals surface area contributed by atoms with Gasteiger partial charge in [-0.1, -0.05) is 29.4 Å². The van der Waals surface area contributed by atoms with Crippen LogP contribution in [0.4, 0.5) is 5.69 Å². The molecular formula is C26H29N5O4. The number of likely N-dealkylation sites (tertiary alicyclic amines) is 1. The Morgan fingerprint density at radius 1 is 1.31 bits per heavy atom. The number of likely N-dealkylation sites (N-methyl/N-ethyl adjacent to an activating group) is 1. The standard InChI is InChI=1S/C26H29N5O4/c1-16-27-26(35-29-16)20-5-3-4-19(12-20)23(15-31-9-8-21(32)14-31)30(2)25(34)11-17-6-7-18-13-24(33)28-22(18)10-17/h3-7,10,12,21,23,32H,8-9,11,13-15H2,1-2H3,(H,28,33)/t21-,23?/m0/s1. The van der Waals surface area contributed by atoms with Crippen molar-refractivity contribution in [3.8, 4) is 11.5 Å². The number of β-amino-alcohol motifs (C(OH)–C–C–N with tert-alkyl or cyclic N) is 1. The fraction of sp³-hybridized carbons (Fsp3) is 0.385. The highest BCUT2D eigenvalue weighted by Gasteiger charge is 2.29. The summed E-state index contributed by atoms with van der Waals surface area (Å²) in [4.78, 5) is 33.4. The molecule has 2 atom stereocenters. The number of hydrogen-bond acceptors (Lipinski definition) is 7. The molecule has 0 aliphatic carbocycles. The number of anilines is 1. The Balaban J connectivity index is 1.39. The molecule has 1 saturated heterocycles. The molecule has 2 N–H and O–H groups in total. The van der Waals surface area contributed by atoms with Crippen molar-refractivity contribution in [1.82, 2.24) is 19.9 Å². The minimum absolute atomic E-state index is 0.0234. The number of carbonyl (C=O) groups is 2. The highest BCUT2D eigenvalue weighted by Crippen LogP contribution is 2.29. The molecule has 182 valence electrons. The van der Waals surface area contributed by atoms with Crippen molar-refractivity contribution in [3.05, 3.63) is 65.0 Å². The molecule has 0 radical (unpaired) electrons. The van der Waals surface area contributed by atoms with Crippen molar-refractivity contribution >= 4 is 17.5 Å². The molecule has 2 aliphatic heterocycles.